The number of nitrogens with zero attached hydrogens (tertiary/aromatic N) is 1. The SMILES string of the molecule is O=C1CC(CS)CN1c1ccccc1COc1ccccc1. The molecule has 22 heavy (non-hydrogen) atoms. The Morgan fingerprint density at radius 2 is 1.82 bits per heavy atom. The van der Waals surface area contributed by atoms with E-state index in [1.807, 2.05) is 59.5 Å². The number of amides is 1. The molecule has 1 atom stereocenters. The number of hydrogen-bond donors (Lipinski definition) is 1. The van der Waals surface area contributed by atoms with Gasteiger partial charge < -0.3 is 9.64 Å². The van der Waals surface area contributed by atoms with Gasteiger partial charge in [0.15, 0.2) is 0 Å². The van der Waals surface area contributed by atoms with E-state index in [-0.39, 0.29) is 5.91 Å². The molecule has 0 spiro atoms. The summed E-state index contributed by atoms with van der Waals surface area (Å²) >= 11 is 4.32. The first kappa shape index (κ1) is 15.0. The monoisotopic (exact) mass is 313 g/mol. The highest BCUT2D eigenvalue weighted by molar-refractivity contribution is 7.80. The molecule has 2 aromatic carbocycles. The van der Waals surface area contributed by atoms with E-state index in [0.29, 0.717) is 18.9 Å². The summed E-state index contributed by atoms with van der Waals surface area (Å²) in [5.74, 6) is 2.08. The quantitative estimate of drug-likeness (QED) is 0.856. The van der Waals surface area contributed by atoms with Crippen LogP contribution in [0, 0.1) is 5.92 Å². The van der Waals surface area contributed by atoms with Gasteiger partial charge in [0.25, 0.3) is 0 Å². The van der Waals surface area contributed by atoms with Gasteiger partial charge in [-0.1, -0.05) is 36.4 Å². The van der Waals surface area contributed by atoms with Gasteiger partial charge >= 0.3 is 0 Å². The maximum absolute atomic E-state index is 12.2. The van der Waals surface area contributed by atoms with E-state index in [4.69, 9.17) is 4.74 Å². The van der Waals surface area contributed by atoms with Gasteiger partial charge in [-0.15, -0.1) is 0 Å². The fourth-order valence-corrected chi connectivity index (χ4v) is 2.96. The predicted octanol–water partition coefficient (Wildman–Crippen LogP) is 3.55. The summed E-state index contributed by atoms with van der Waals surface area (Å²) in [6.07, 6.45) is 0.581. The van der Waals surface area contributed by atoms with Crippen molar-refractivity contribution in [3.05, 3.63) is 60.2 Å². The van der Waals surface area contributed by atoms with Crippen LogP contribution in [0.1, 0.15) is 12.0 Å². The molecule has 1 aliphatic heterocycles. The van der Waals surface area contributed by atoms with Crippen molar-refractivity contribution in [1.29, 1.82) is 0 Å². The average Bonchev–Trinajstić information content (AvgIpc) is 2.95. The molecule has 1 unspecified atom stereocenters. The lowest BCUT2D eigenvalue weighted by Gasteiger charge is -2.20. The second-order valence-corrected chi connectivity index (χ2v) is 5.85. The zero-order valence-electron chi connectivity index (χ0n) is 12.3. The second kappa shape index (κ2) is 6.88. The Balaban J connectivity index is 1.77. The average molecular weight is 313 g/mol. The third-order valence-corrected chi connectivity index (χ3v) is 4.40. The van der Waals surface area contributed by atoms with Crippen LogP contribution in [0.25, 0.3) is 0 Å². The van der Waals surface area contributed by atoms with Crippen LogP contribution in [0.4, 0.5) is 5.69 Å². The van der Waals surface area contributed by atoms with E-state index in [9.17, 15) is 4.79 Å². The first-order chi connectivity index (χ1) is 10.8. The van der Waals surface area contributed by atoms with E-state index < -0.39 is 0 Å². The highest BCUT2D eigenvalue weighted by atomic mass is 32.1. The summed E-state index contributed by atoms with van der Waals surface area (Å²) in [7, 11) is 0. The lowest BCUT2D eigenvalue weighted by molar-refractivity contribution is -0.117. The van der Waals surface area contributed by atoms with Crippen LogP contribution in [0.2, 0.25) is 0 Å². The summed E-state index contributed by atoms with van der Waals surface area (Å²) in [6.45, 7) is 1.19. The van der Waals surface area contributed by atoms with Gasteiger partial charge in [-0.3, -0.25) is 4.79 Å². The summed E-state index contributed by atoms with van der Waals surface area (Å²) in [4.78, 5) is 14.1. The molecule has 3 nitrogen and oxygen atoms in total. The Bertz CT molecular complexity index is 645. The lowest BCUT2D eigenvalue weighted by atomic mass is 10.1. The molecule has 0 radical (unpaired) electrons. The molecule has 0 saturated carbocycles. The number of benzene rings is 2. The minimum absolute atomic E-state index is 0.172. The third kappa shape index (κ3) is 3.28. The molecule has 1 heterocycles. The summed E-state index contributed by atoms with van der Waals surface area (Å²) in [6, 6.07) is 17.7. The Labute approximate surface area is 136 Å². The van der Waals surface area contributed by atoms with Gasteiger partial charge in [-0.05, 0) is 29.9 Å². The second-order valence-electron chi connectivity index (χ2n) is 5.49. The van der Waals surface area contributed by atoms with Gasteiger partial charge in [0.05, 0.1) is 5.69 Å². The van der Waals surface area contributed by atoms with E-state index in [1.165, 1.54) is 0 Å². The van der Waals surface area contributed by atoms with Crippen LogP contribution in [0.3, 0.4) is 0 Å². The smallest absolute Gasteiger partial charge is 0.227 e. The van der Waals surface area contributed by atoms with Crippen molar-refractivity contribution in [2.75, 3.05) is 17.2 Å². The molecule has 3 rings (SSSR count). The highest BCUT2D eigenvalue weighted by Crippen LogP contribution is 2.29. The van der Waals surface area contributed by atoms with E-state index >= 15 is 0 Å². The fourth-order valence-electron chi connectivity index (χ4n) is 2.71. The van der Waals surface area contributed by atoms with Gasteiger partial charge in [0.2, 0.25) is 5.91 Å². The molecule has 0 aromatic heterocycles. The number of rotatable bonds is 5. The number of anilines is 1. The maximum atomic E-state index is 12.2. The summed E-state index contributed by atoms with van der Waals surface area (Å²) in [5, 5.41) is 0. The van der Waals surface area contributed by atoms with Crippen LogP contribution in [-0.2, 0) is 11.4 Å². The fraction of sp³-hybridized carbons (Fsp3) is 0.278. The van der Waals surface area contributed by atoms with Crippen molar-refractivity contribution in [3.8, 4) is 5.75 Å². The van der Waals surface area contributed by atoms with Crippen LogP contribution in [0.5, 0.6) is 5.75 Å². The molecular weight excluding hydrogens is 294 g/mol. The number of hydrogen-bond acceptors (Lipinski definition) is 3. The van der Waals surface area contributed by atoms with Crippen molar-refractivity contribution < 1.29 is 9.53 Å². The number of ether oxygens (including phenoxy) is 1. The number of carbonyl (C=O) groups is 1. The zero-order chi connectivity index (χ0) is 15.4. The first-order valence-electron chi connectivity index (χ1n) is 7.45. The third-order valence-electron chi connectivity index (χ3n) is 3.88. The van der Waals surface area contributed by atoms with Gasteiger partial charge in [0.1, 0.15) is 12.4 Å². The van der Waals surface area contributed by atoms with E-state index in [2.05, 4.69) is 12.6 Å². The van der Waals surface area contributed by atoms with Gasteiger partial charge in [-0.2, -0.15) is 12.6 Å². The maximum Gasteiger partial charge on any atom is 0.227 e. The molecule has 1 amide bonds. The number of thiol groups is 1. The molecular formula is C18H19NO2S. The van der Waals surface area contributed by atoms with Crippen molar-refractivity contribution >= 4 is 24.2 Å². The minimum atomic E-state index is 0.172. The predicted molar refractivity (Wildman–Crippen MR) is 91.5 cm³/mol. The largest absolute Gasteiger partial charge is 0.489 e. The van der Waals surface area contributed by atoms with Crippen LogP contribution in [0.15, 0.2) is 54.6 Å². The standard InChI is InChI=1S/C18H19NO2S/c20-18-10-14(13-22)11-19(18)17-9-5-4-6-15(17)12-21-16-7-2-1-3-8-16/h1-9,14,22H,10-13H2. The van der Waals surface area contributed by atoms with Gasteiger partial charge in [0, 0.05) is 18.5 Å². The van der Waals surface area contributed by atoms with Crippen molar-refractivity contribution in [2.24, 2.45) is 5.92 Å². The van der Waals surface area contributed by atoms with Crippen molar-refractivity contribution in [2.45, 2.75) is 13.0 Å². The van der Waals surface area contributed by atoms with Crippen LogP contribution >= 0.6 is 12.6 Å². The Morgan fingerprint density at radius 1 is 1.09 bits per heavy atom. The number of carbonyl (C=O) groups excluding carboxylic acids is 1. The number of para-hydroxylation sites is 2. The van der Waals surface area contributed by atoms with Crippen molar-refractivity contribution in [3.63, 3.8) is 0 Å². The molecule has 1 saturated heterocycles. The molecule has 4 heteroatoms. The highest BCUT2D eigenvalue weighted by Gasteiger charge is 2.30. The van der Waals surface area contributed by atoms with Gasteiger partial charge in [-0.25, -0.2) is 0 Å². The molecule has 1 fully saturated rings. The first-order valence-corrected chi connectivity index (χ1v) is 8.08. The van der Waals surface area contributed by atoms with E-state index in [1.54, 1.807) is 0 Å². The van der Waals surface area contributed by atoms with E-state index in [0.717, 1.165) is 29.3 Å². The minimum Gasteiger partial charge on any atom is -0.489 e. The Kier molecular flexibility index (Phi) is 4.68. The van der Waals surface area contributed by atoms with Crippen molar-refractivity contribution in [1.82, 2.24) is 0 Å². The molecule has 2 aromatic rings. The molecule has 0 bridgehead atoms. The topological polar surface area (TPSA) is 29.5 Å². The Morgan fingerprint density at radius 3 is 2.55 bits per heavy atom. The zero-order valence-corrected chi connectivity index (χ0v) is 13.2. The normalized spacial score (nSPS) is 17.8. The molecule has 114 valence electrons. The summed E-state index contributed by atoms with van der Waals surface area (Å²) in [5.41, 5.74) is 1.98. The molecule has 1 aliphatic rings. The van der Waals surface area contributed by atoms with Crippen LogP contribution in [-0.4, -0.2) is 18.2 Å². The Hall–Kier alpha value is -1.94. The van der Waals surface area contributed by atoms with Crippen LogP contribution < -0.4 is 9.64 Å². The summed E-state index contributed by atoms with van der Waals surface area (Å²) < 4.78 is 5.83. The molecule has 0 aliphatic carbocycles. The molecule has 0 N–H and O–H groups in total. The lowest BCUT2D eigenvalue weighted by Crippen LogP contribution is -2.26.